The van der Waals surface area contributed by atoms with Gasteiger partial charge in [0.25, 0.3) is 0 Å². The summed E-state index contributed by atoms with van der Waals surface area (Å²) in [6, 6.07) is 25.7. The molecule has 7 nitrogen and oxygen atoms in total. The van der Waals surface area contributed by atoms with Gasteiger partial charge in [-0.2, -0.15) is 5.26 Å². The number of benzene rings is 3. The third-order valence-corrected chi connectivity index (χ3v) is 7.25. The summed E-state index contributed by atoms with van der Waals surface area (Å²) in [5.41, 5.74) is 3.35. The van der Waals surface area contributed by atoms with Crippen molar-refractivity contribution >= 4 is 40.9 Å². The van der Waals surface area contributed by atoms with E-state index in [1.165, 1.54) is 11.8 Å². The van der Waals surface area contributed by atoms with E-state index in [0.717, 1.165) is 5.56 Å². The maximum Gasteiger partial charge on any atom is 0.337 e. The van der Waals surface area contributed by atoms with E-state index in [-0.39, 0.29) is 18.3 Å². The molecule has 1 aliphatic rings. The van der Waals surface area contributed by atoms with Crippen molar-refractivity contribution in [2.75, 3.05) is 18.2 Å². The zero-order chi connectivity index (χ0) is 27.8. The summed E-state index contributed by atoms with van der Waals surface area (Å²) in [6.45, 7) is 1.86. The Bertz CT molecular complexity index is 1460. The number of rotatable bonds is 9. The van der Waals surface area contributed by atoms with E-state index in [1.54, 1.807) is 62.6 Å². The van der Waals surface area contributed by atoms with Crippen molar-refractivity contribution < 1.29 is 19.1 Å². The van der Waals surface area contributed by atoms with Crippen LogP contribution in [-0.4, -0.2) is 24.7 Å². The van der Waals surface area contributed by atoms with Crippen molar-refractivity contribution in [3.8, 4) is 11.8 Å². The van der Waals surface area contributed by atoms with Gasteiger partial charge in [-0.15, -0.1) is 0 Å². The molecule has 0 spiro atoms. The number of nitrogens with zero attached hydrogens (tertiary/aromatic N) is 1. The standard InChI is InChI=1S/C30H26ClN3O4S/c1-19-27(30(36)38-17-20-7-4-3-5-8-20)28(21-11-13-22(31)14-12-21)25(16-32)29(33-19)39-18-26(35)34-23-9-6-10-24(15-23)37-2/h3-15,28,33H,17-18H2,1-2H3,(H,34,35)/t28-/m0/s1. The topological polar surface area (TPSA) is 100 Å². The van der Waals surface area contributed by atoms with Crippen LogP contribution in [0.15, 0.2) is 101 Å². The highest BCUT2D eigenvalue weighted by atomic mass is 35.5. The van der Waals surface area contributed by atoms with E-state index in [2.05, 4.69) is 16.7 Å². The summed E-state index contributed by atoms with van der Waals surface area (Å²) < 4.78 is 10.9. The molecule has 9 heteroatoms. The summed E-state index contributed by atoms with van der Waals surface area (Å²) in [4.78, 5) is 26.1. The third kappa shape index (κ3) is 7.02. The van der Waals surface area contributed by atoms with E-state index in [1.807, 2.05) is 30.3 Å². The van der Waals surface area contributed by atoms with Gasteiger partial charge in [-0.25, -0.2) is 4.79 Å². The number of ether oxygens (including phenoxy) is 2. The fourth-order valence-electron chi connectivity index (χ4n) is 4.12. The van der Waals surface area contributed by atoms with Crippen LogP contribution in [0.5, 0.6) is 5.75 Å². The zero-order valence-electron chi connectivity index (χ0n) is 21.4. The minimum atomic E-state index is -0.694. The van der Waals surface area contributed by atoms with Crippen molar-refractivity contribution in [1.29, 1.82) is 5.26 Å². The number of amides is 1. The van der Waals surface area contributed by atoms with E-state index in [0.29, 0.717) is 43.9 Å². The van der Waals surface area contributed by atoms with Gasteiger partial charge in [-0.1, -0.05) is 71.9 Å². The minimum absolute atomic E-state index is 0.0408. The summed E-state index contributed by atoms with van der Waals surface area (Å²) in [7, 11) is 1.56. The minimum Gasteiger partial charge on any atom is -0.497 e. The molecule has 3 aromatic carbocycles. The molecule has 0 bridgehead atoms. The van der Waals surface area contributed by atoms with Gasteiger partial charge in [0.05, 0.1) is 41.0 Å². The highest BCUT2D eigenvalue weighted by molar-refractivity contribution is 8.03. The number of carbonyl (C=O) groups excluding carboxylic acids is 2. The largest absolute Gasteiger partial charge is 0.497 e. The smallest absolute Gasteiger partial charge is 0.337 e. The number of halogens is 1. The lowest BCUT2D eigenvalue weighted by Gasteiger charge is -2.29. The van der Waals surface area contributed by atoms with Crippen LogP contribution in [0.1, 0.15) is 24.0 Å². The number of methoxy groups -OCH3 is 1. The molecular weight excluding hydrogens is 534 g/mol. The molecule has 198 valence electrons. The predicted octanol–water partition coefficient (Wildman–Crippen LogP) is 6.16. The van der Waals surface area contributed by atoms with Crippen LogP contribution >= 0.6 is 23.4 Å². The van der Waals surface area contributed by atoms with Crippen LogP contribution in [0, 0.1) is 11.3 Å². The first kappa shape index (κ1) is 27.8. The Morgan fingerprint density at radius 2 is 1.82 bits per heavy atom. The highest BCUT2D eigenvalue weighted by Crippen LogP contribution is 2.41. The molecule has 1 aliphatic heterocycles. The quantitative estimate of drug-likeness (QED) is 0.303. The van der Waals surface area contributed by atoms with Gasteiger partial charge < -0.3 is 20.1 Å². The third-order valence-electron chi connectivity index (χ3n) is 5.98. The molecule has 0 fully saturated rings. The summed E-state index contributed by atoms with van der Waals surface area (Å²) in [5.74, 6) is -0.809. The molecule has 0 aliphatic carbocycles. The van der Waals surface area contributed by atoms with Crippen LogP contribution in [0.25, 0.3) is 0 Å². The number of esters is 1. The molecular formula is C30H26ClN3O4S. The van der Waals surface area contributed by atoms with Crippen molar-refractivity contribution in [1.82, 2.24) is 5.32 Å². The molecule has 0 unspecified atom stereocenters. The van der Waals surface area contributed by atoms with Gasteiger partial charge in [0.2, 0.25) is 5.91 Å². The van der Waals surface area contributed by atoms with E-state index in [4.69, 9.17) is 21.1 Å². The number of thioether (sulfide) groups is 1. The highest BCUT2D eigenvalue weighted by Gasteiger charge is 2.35. The second-order valence-electron chi connectivity index (χ2n) is 8.63. The molecule has 0 radical (unpaired) electrons. The van der Waals surface area contributed by atoms with Crippen LogP contribution < -0.4 is 15.4 Å². The first-order chi connectivity index (χ1) is 18.9. The zero-order valence-corrected chi connectivity index (χ0v) is 22.9. The first-order valence-electron chi connectivity index (χ1n) is 12.0. The maximum atomic E-state index is 13.4. The maximum absolute atomic E-state index is 13.4. The molecule has 0 saturated heterocycles. The number of carbonyl (C=O) groups is 2. The molecule has 39 heavy (non-hydrogen) atoms. The number of nitrogens with one attached hydrogen (secondary N) is 2. The Morgan fingerprint density at radius 3 is 2.51 bits per heavy atom. The first-order valence-corrected chi connectivity index (χ1v) is 13.4. The lowest BCUT2D eigenvalue weighted by atomic mass is 9.82. The van der Waals surface area contributed by atoms with Crippen molar-refractivity contribution in [3.05, 3.63) is 117 Å². The Balaban J connectivity index is 1.58. The van der Waals surface area contributed by atoms with Gasteiger partial charge in [-0.3, -0.25) is 4.79 Å². The van der Waals surface area contributed by atoms with Gasteiger partial charge >= 0.3 is 5.97 Å². The van der Waals surface area contributed by atoms with Crippen molar-refractivity contribution in [2.45, 2.75) is 19.4 Å². The van der Waals surface area contributed by atoms with Gasteiger partial charge in [0.15, 0.2) is 0 Å². The Morgan fingerprint density at radius 1 is 1.08 bits per heavy atom. The molecule has 1 atom stereocenters. The van der Waals surface area contributed by atoms with Gasteiger partial charge in [-0.05, 0) is 42.3 Å². The number of hydrogen-bond donors (Lipinski definition) is 2. The fourth-order valence-corrected chi connectivity index (χ4v) is 5.14. The predicted molar refractivity (Wildman–Crippen MR) is 153 cm³/mol. The number of hydrogen-bond acceptors (Lipinski definition) is 7. The molecule has 0 aromatic heterocycles. The van der Waals surface area contributed by atoms with Crippen molar-refractivity contribution in [2.24, 2.45) is 0 Å². The van der Waals surface area contributed by atoms with E-state index < -0.39 is 11.9 Å². The summed E-state index contributed by atoms with van der Waals surface area (Å²) >= 11 is 7.30. The van der Waals surface area contributed by atoms with Crippen LogP contribution in [0.2, 0.25) is 5.02 Å². The average molecular weight is 560 g/mol. The fraction of sp³-hybridized carbons (Fsp3) is 0.167. The number of nitriles is 1. The monoisotopic (exact) mass is 559 g/mol. The number of allylic oxidation sites excluding steroid dienone is 2. The molecule has 4 rings (SSSR count). The molecule has 0 saturated carbocycles. The van der Waals surface area contributed by atoms with E-state index in [9.17, 15) is 14.9 Å². The molecule has 1 amide bonds. The summed E-state index contributed by atoms with van der Waals surface area (Å²) in [6.07, 6.45) is 0. The number of dihydropyridines is 1. The summed E-state index contributed by atoms with van der Waals surface area (Å²) in [5, 5.41) is 17.3. The lowest BCUT2D eigenvalue weighted by molar-refractivity contribution is -0.140. The molecule has 3 aromatic rings. The Hall–Kier alpha value is -4.19. The average Bonchev–Trinajstić information content (AvgIpc) is 2.95. The lowest BCUT2D eigenvalue weighted by Crippen LogP contribution is -2.29. The van der Waals surface area contributed by atoms with Crippen LogP contribution in [0.3, 0.4) is 0 Å². The normalized spacial score (nSPS) is 14.8. The second kappa shape index (κ2) is 13.1. The van der Waals surface area contributed by atoms with Crippen molar-refractivity contribution in [3.63, 3.8) is 0 Å². The Kier molecular flexibility index (Phi) is 9.31. The molecule has 2 N–H and O–H groups in total. The SMILES string of the molecule is COc1cccc(NC(=O)CSC2=C(C#N)[C@H](c3ccc(Cl)cc3)C(C(=O)OCc3ccccc3)=C(C)N2)c1. The van der Waals surface area contributed by atoms with Gasteiger partial charge in [0, 0.05) is 22.5 Å². The number of anilines is 1. The van der Waals surface area contributed by atoms with Gasteiger partial charge in [0.1, 0.15) is 12.4 Å². The Labute approximate surface area is 236 Å². The van der Waals surface area contributed by atoms with Crippen LogP contribution in [0.4, 0.5) is 5.69 Å². The molecule has 1 heterocycles. The van der Waals surface area contributed by atoms with Crippen LogP contribution in [-0.2, 0) is 20.9 Å². The second-order valence-corrected chi connectivity index (χ2v) is 10.1. The van der Waals surface area contributed by atoms with E-state index >= 15 is 0 Å².